The van der Waals surface area contributed by atoms with E-state index in [9.17, 15) is 0 Å². The van der Waals surface area contributed by atoms with Gasteiger partial charge in [0.1, 0.15) is 0 Å². The van der Waals surface area contributed by atoms with Crippen LogP contribution in [0.3, 0.4) is 0 Å². The molecule has 0 rings (SSSR count). The van der Waals surface area contributed by atoms with Crippen molar-refractivity contribution in [2.45, 2.75) is 98.6 Å². The lowest BCUT2D eigenvalue weighted by atomic mass is 10.4. The van der Waals surface area contributed by atoms with E-state index >= 15 is 0 Å². The van der Waals surface area contributed by atoms with Gasteiger partial charge in [0.05, 0.1) is 0 Å². The summed E-state index contributed by atoms with van der Waals surface area (Å²) in [5, 5.41) is 0. The summed E-state index contributed by atoms with van der Waals surface area (Å²) in [5.41, 5.74) is 0. The summed E-state index contributed by atoms with van der Waals surface area (Å²) in [6.45, 7) is 19.2. The molecule has 0 heterocycles. The highest BCUT2D eigenvalue weighted by molar-refractivity contribution is 7.38. The maximum absolute atomic E-state index is 5.88. The Morgan fingerprint density at radius 1 is 0.500 bits per heavy atom. The molecule has 0 aromatic carbocycles. The zero-order chi connectivity index (χ0) is 26.5. The Hall–Kier alpha value is 0.620. The molecule has 0 radical (unpaired) electrons. The first-order valence-corrected chi connectivity index (χ1v) is 17.7. The minimum atomic E-state index is -0.0168. The van der Waals surface area contributed by atoms with Gasteiger partial charge in [-0.05, 0) is 63.2 Å². The van der Waals surface area contributed by atoms with Crippen molar-refractivity contribution >= 4 is 17.2 Å². The van der Waals surface area contributed by atoms with Crippen LogP contribution in [-0.4, -0.2) is 101 Å². The highest BCUT2D eigenvalue weighted by atomic mass is 31.1. The van der Waals surface area contributed by atoms with Gasteiger partial charge < -0.3 is 28.6 Å². The van der Waals surface area contributed by atoms with Crippen LogP contribution in [0.2, 0.25) is 0 Å². The smallest absolute Gasteiger partial charge is 0.157 e. The third-order valence-corrected chi connectivity index (χ3v) is 7.90. The van der Waals surface area contributed by atoms with Crippen molar-refractivity contribution in [1.29, 1.82) is 0 Å². The Bertz CT molecular complexity index is 377. The SMILES string of the molecule is CCCOCCCN(CCPCCC(OCCC)OCCC)CCPCCC(OCCC)OCCC. The number of nitrogens with zero attached hydrogens (tertiary/aromatic N) is 1. The Morgan fingerprint density at radius 3 is 1.31 bits per heavy atom. The van der Waals surface area contributed by atoms with Gasteiger partial charge in [0, 0.05) is 72.1 Å². The van der Waals surface area contributed by atoms with Crippen molar-refractivity contribution in [3.63, 3.8) is 0 Å². The van der Waals surface area contributed by atoms with Crippen LogP contribution >= 0.6 is 17.2 Å². The van der Waals surface area contributed by atoms with E-state index in [2.05, 4.69) is 39.5 Å². The van der Waals surface area contributed by atoms with Crippen molar-refractivity contribution in [3.8, 4) is 0 Å². The van der Waals surface area contributed by atoms with Gasteiger partial charge in [-0.1, -0.05) is 34.6 Å². The molecular formula is C28H61NO5P2. The topological polar surface area (TPSA) is 49.4 Å². The van der Waals surface area contributed by atoms with E-state index < -0.39 is 0 Å². The molecule has 218 valence electrons. The minimum absolute atomic E-state index is 0.0168. The van der Waals surface area contributed by atoms with E-state index in [1.165, 1.54) is 37.7 Å². The van der Waals surface area contributed by atoms with Gasteiger partial charge >= 0.3 is 0 Å². The second kappa shape index (κ2) is 30.2. The molecule has 36 heavy (non-hydrogen) atoms. The predicted octanol–water partition coefficient (Wildman–Crippen LogP) is 6.60. The summed E-state index contributed by atoms with van der Waals surface area (Å²) in [6, 6.07) is 0. The van der Waals surface area contributed by atoms with E-state index in [1.54, 1.807) is 0 Å². The average Bonchev–Trinajstić information content (AvgIpc) is 2.89. The molecule has 0 saturated heterocycles. The number of rotatable bonds is 30. The van der Waals surface area contributed by atoms with E-state index in [1.807, 2.05) is 0 Å². The highest BCUT2D eigenvalue weighted by Crippen LogP contribution is 2.18. The quantitative estimate of drug-likeness (QED) is 0.0568. The third-order valence-electron chi connectivity index (χ3n) is 5.47. The first-order chi connectivity index (χ1) is 17.7. The summed E-state index contributed by atoms with van der Waals surface area (Å²) in [4.78, 5) is 2.66. The molecule has 0 aliphatic heterocycles. The fraction of sp³-hybridized carbons (Fsp3) is 1.00. The van der Waals surface area contributed by atoms with Crippen LogP contribution in [0.25, 0.3) is 0 Å². The monoisotopic (exact) mass is 553 g/mol. The van der Waals surface area contributed by atoms with Gasteiger partial charge in [-0.2, -0.15) is 0 Å². The largest absolute Gasteiger partial charge is 0.381 e. The normalized spacial score (nSPS) is 12.7. The van der Waals surface area contributed by atoms with Gasteiger partial charge in [0.2, 0.25) is 0 Å². The molecule has 0 spiro atoms. The predicted molar refractivity (Wildman–Crippen MR) is 160 cm³/mol. The van der Waals surface area contributed by atoms with Crippen molar-refractivity contribution in [1.82, 2.24) is 4.90 Å². The molecule has 0 aliphatic carbocycles. The van der Waals surface area contributed by atoms with Gasteiger partial charge in [0.25, 0.3) is 0 Å². The summed E-state index contributed by atoms with van der Waals surface area (Å²) in [5.74, 6) is 0. The summed E-state index contributed by atoms with van der Waals surface area (Å²) >= 11 is 0. The van der Waals surface area contributed by atoms with Crippen LogP contribution in [-0.2, 0) is 23.7 Å². The molecule has 0 fully saturated rings. The van der Waals surface area contributed by atoms with Gasteiger partial charge in [-0.15, -0.1) is 17.2 Å². The molecule has 0 aromatic heterocycles. The Balaban J connectivity index is 4.28. The second-order valence-corrected chi connectivity index (χ2v) is 12.2. The molecule has 0 bridgehead atoms. The number of hydrogen-bond donors (Lipinski definition) is 0. The number of hydrogen-bond acceptors (Lipinski definition) is 6. The maximum atomic E-state index is 5.88. The van der Waals surface area contributed by atoms with Crippen LogP contribution in [0, 0.1) is 0 Å². The van der Waals surface area contributed by atoms with Crippen molar-refractivity contribution < 1.29 is 23.7 Å². The van der Waals surface area contributed by atoms with Crippen LogP contribution in [0.1, 0.15) is 86.0 Å². The fourth-order valence-electron chi connectivity index (χ4n) is 3.56. The van der Waals surface area contributed by atoms with Gasteiger partial charge in [-0.25, -0.2) is 0 Å². The molecule has 0 aromatic rings. The van der Waals surface area contributed by atoms with Crippen molar-refractivity contribution in [2.75, 3.05) is 83.9 Å². The van der Waals surface area contributed by atoms with E-state index in [0.29, 0.717) is 0 Å². The average molecular weight is 554 g/mol. The Kier molecular flexibility index (Phi) is 30.7. The highest BCUT2D eigenvalue weighted by Gasteiger charge is 2.11. The lowest BCUT2D eigenvalue weighted by molar-refractivity contribution is -0.142. The van der Waals surface area contributed by atoms with Crippen molar-refractivity contribution in [3.05, 3.63) is 0 Å². The van der Waals surface area contributed by atoms with E-state index in [-0.39, 0.29) is 12.6 Å². The molecule has 6 nitrogen and oxygen atoms in total. The molecule has 0 N–H and O–H groups in total. The molecule has 0 saturated carbocycles. The fourth-order valence-corrected chi connectivity index (χ4v) is 5.89. The summed E-state index contributed by atoms with van der Waals surface area (Å²) in [7, 11) is 1.94. The lowest BCUT2D eigenvalue weighted by Crippen LogP contribution is -2.30. The first kappa shape index (κ1) is 36.6. The van der Waals surface area contributed by atoms with Crippen molar-refractivity contribution in [2.24, 2.45) is 0 Å². The second-order valence-electron chi connectivity index (χ2n) is 9.23. The van der Waals surface area contributed by atoms with E-state index in [0.717, 1.165) is 115 Å². The molecular weight excluding hydrogens is 492 g/mol. The van der Waals surface area contributed by atoms with Crippen LogP contribution in [0.5, 0.6) is 0 Å². The Morgan fingerprint density at radius 2 is 0.917 bits per heavy atom. The molecule has 2 atom stereocenters. The lowest BCUT2D eigenvalue weighted by Gasteiger charge is -2.23. The number of ether oxygens (including phenoxy) is 5. The molecule has 8 heteroatoms. The summed E-state index contributed by atoms with van der Waals surface area (Å²) < 4.78 is 29.3. The molecule has 0 aliphatic rings. The minimum Gasteiger partial charge on any atom is -0.381 e. The zero-order valence-corrected chi connectivity index (χ0v) is 26.5. The molecule has 0 amide bonds. The maximum Gasteiger partial charge on any atom is 0.157 e. The first-order valence-electron chi connectivity index (χ1n) is 14.9. The Labute approximate surface area is 228 Å². The standard InChI is InChI=1S/C28H61NO5P2/c1-6-17-30-22-11-14-29(15-25-35-23-12-27(31-18-7-2)32-19-8-3)16-26-36-24-13-28(33-20-9-4)34-21-10-5/h27-28,35-36H,6-26H2,1-5H3. The zero-order valence-electron chi connectivity index (χ0n) is 24.5. The van der Waals surface area contributed by atoms with E-state index in [4.69, 9.17) is 23.7 Å². The van der Waals surface area contributed by atoms with Crippen LogP contribution < -0.4 is 0 Å². The third kappa shape index (κ3) is 24.9. The van der Waals surface area contributed by atoms with Gasteiger partial charge in [0.15, 0.2) is 12.6 Å². The summed E-state index contributed by atoms with van der Waals surface area (Å²) in [6.07, 6.45) is 13.3. The molecule has 2 unspecified atom stereocenters. The van der Waals surface area contributed by atoms with Crippen LogP contribution in [0.15, 0.2) is 0 Å². The van der Waals surface area contributed by atoms with Gasteiger partial charge in [-0.3, -0.25) is 0 Å². The van der Waals surface area contributed by atoms with Crippen LogP contribution in [0.4, 0.5) is 0 Å².